The average molecular weight is 212 g/mol. The van der Waals surface area contributed by atoms with E-state index < -0.39 is 5.97 Å². The SMILES string of the molecule is CC(C)(C)OCCn1cnc(C(=O)O)c1. The number of carboxylic acid groups (broad SMARTS) is 1. The van der Waals surface area contributed by atoms with E-state index in [1.807, 2.05) is 20.8 Å². The number of carbonyl (C=O) groups is 1. The Kier molecular flexibility index (Phi) is 3.47. The first-order chi connectivity index (χ1) is 6.88. The third-order valence-corrected chi connectivity index (χ3v) is 1.74. The lowest BCUT2D eigenvalue weighted by molar-refractivity contribution is -0.00685. The fourth-order valence-electron chi connectivity index (χ4n) is 1.05. The highest BCUT2D eigenvalue weighted by atomic mass is 16.5. The quantitative estimate of drug-likeness (QED) is 0.819. The average Bonchev–Trinajstić information content (AvgIpc) is 2.50. The van der Waals surface area contributed by atoms with Crippen LogP contribution in [0.5, 0.6) is 0 Å². The molecule has 1 N–H and O–H groups in total. The summed E-state index contributed by atoms with van der Waals surface area (Å²) in [6, 6.07) is 0. The third kappa shape index (κ3) is 4.12. The lowest BCUT2D eigenvalue weighted by Crippen LogP contribution is -2.21. The second-order valence-electron chi connectivity index (χ2n) is 4.26. The van der Waals surface area contributed by atoms with Gasteiger partial charge in [0.1, 0.15) is 0 Å². The molecule has 0 spiro atoms. The van der Waals surface area contributed by atoms with E-state index in [2.05, 4.69) is 4.98 Å². The first kappa shape index (κ1) is 11.7. The van der Waals surface area contributed by atoms with E-state index in [1.54, 1.807) is 4.57 Å². The van der Waals surface area contributed by atoms with Crippen LogP contribution in [-0.4, -0.2) is 32.8 Å². The molecule has 5 nitrogen and oxygen atoms in total. The Hall–Kier alpha value is -1.36. The molecule has 15 heavy (non-hydrogen) atoms. The molecule has 1 heterocycles. The molecule has 1 aromatic heterocycles. The molecular weight excluding hydrogens is 196 g/mol. The predicted molar refractivity (Wildman–Crippen MR) is 54.9 cm³/mol. The summed E-state index contributed by atoms with van der Waals surface area (Å²) in [4.78, 5) is 14.3. The van der Waals surface area contributed by atoms with E-state index in [1.165, 1.54) is 12.5 Å². The van der Waals surface area contributed by atoms with Crippen LogP contribution in [0.4, 0.5) is 0 Å². The molecule has 84 valence electrons. The highest BCUT2D eigenvalue weighted by molar-refractivity contribution is 5.84. The zero-order valence-corrected chi connectivity index (χ0v) is 9.23. The standard InChI is InChI=1S/C10H16N2O3/c1-10(2,3)15-5-4-12-6-8(9(13)14)11-7-12/h6-7H,4-5H2,1-3H3,(H,13,14). The predicted octanol–water partition coefficient (Wildman–Crippen LogP) is 1.40. The van der Waals surface area contributed by atoms with E-state index in [4.69, 9.17) is 9.84 Å². The zero-order chi connectivity index (χ0) is 11.5. The molecule has 0 aromatic carbocycles. The van der Waals surface area contributed by atoms with Gasteiger partial charge in [-0.3, -0.25) is 0 Å². The first-order valence-electron chi connectivity index (χ1n) is 4.77. The van der Waals surface area contributed by atoms with Crippen LogP contribution < -0.4 is 0 Å². The lowest BCUT2D eigenvalue weighted by atomic mass is 10.2. The summed E-state index contributed by atoms with van der Waals surface area (Å²) in [5.41, 5.74) is -0.110. The van der Waals surface area contributed by atoms with Crippen molar-refractivity contribution in [2.45, 2.75) is 32.9 Å². The topological polar surface area (TPSA) is 64.4 Å². The van der Waals surface area contributed by atoms with Crippen molar-refractivity contribution in [1.29, 1.82) is 0 Å². The van der Waals surface area contributed by atoms with Gasteiger partial charge in [0.05, 0.1) is 18.5 Å². The summed E-state index contributed by atoms with van der Waals surface area (Å²) in [7, 11) is 0. The van der Waals surface area contributed by atoms with Crippen LogP contribution in [0, 0.1) is 0 Å². The number of imidazole rings is 1. The molecule has 0 saturated heterocycles. The summed E-state index contributed by atoms with van der Waals surface area (Å²) < 4.78 is 7.21. The highest BCUT2D eigenvalue weighted by Gasteiger charge is 2.10. The normalized spacial score (nSPS) is 11.7. The van der Waals surface area contributed by atoms with Gasteiger partial charge in [0.15, 0.2) is 5.69 Å². The van der Waals surface area contributed by atoms with Gasteiger partial charge >= 0.3 is 5.97 Å². The number of hydrogen-bond donors (Lipinski definition) is 1. The van der Waals surface area contributed by atoms with Crippen LogP contribution in [0.1, 0.15) is 31.3 Å². The fourth-order valence-corrected chi connectivity index (χ4v) is 1.05. The first-order valence-corrected chi connectivity index (χ1v) is 4.77. The number of hydrogen-bond acceptors (Lipinski definition) is 3. The van der Waals surface area contributed by atoms with Gasteiger partial charge in [-0.2, -0.15) is 0 Å². The number of aromatic nitrogens is 2. The monoisotopic (exact) mass is 212 g/mol. The maximum atomic E-state index is 10.5. The molecule has 0 unspecified atom stereocenters. The minimum absolute atomic E-state index is 0.0609. The Morgan fingerprint density at radius 2 is 2.27 bits per heavy atom. The summed E-state index contributed by atoms with van der Waals surface area (Å²) in [6.07, 6.45) is 2.99. The van der Waals surface area contributed by atoms with Gasteiger partial charge < -0.3 is 14.4 Å². The summed E-state index contributed by atoms with van der Waals surface area (Å²) in [6.45, 7) is 7.08. The van der Waals surface area contributed by atoms with Crippen molar-refractivity contribution in [2.24, 2.45) is 0 Å². The number of aromatic carboxylic acids is 1. The second-order valence-corrected chi connectivity index (χ2v) is 4.26. The van der Waals surface area contributed by atoms with Crippen molar-refractivity contribution >= 4 is 5.97 Å². The van der Waals surface area contributed by atoms with Crippen LogP contribution in [0.25, 0.3) is 0 Å². The molecule has 0 bridgehead atoms. The Morgan fingerprint density at radius 3 is 2.73 bits per heavy atom. The van der Waals surface area contributed by atoms with Gasteiger partial charge in [0, 0.05) is 12.7 Å². The van der Waals surface area contributed by atoms with Crippen molar-refractivity contribution in [1.82, 2.24) is 9.55 Å². The molecule has 0 aliphatic heterocycles. The van der Waals surface area contributed by atoms with Gasteiger partial charge in [0.2, 0.25) is 0 Å². The van der Waals surface area contributed by atoms with Crippen LogP contribution in [0.15, 0.2) is 12.5 Å². The van der Waals surface area contributed by atoms with Crippen LogP contribution in [0.3, 0.4) is 0 Å². The molecule has 0 radical (unpaired) electrons. The number of nitrogens with zero attached hydrogens (tertiary/aromatic N) is 2. The number of rotatable bonds is 4. The zero-order valence-electron chi connectivity index (χ0n) is 9.23. The van der Waals surface area contributed by atoms with Gasteiger partial charge in [-0.05, 0) is 20.8 Å². The molecule has 1 aromatic rings. The molecule has 0 saturated carbocycles. The summed E-state index contributed by atoms with van der Waals surface area (Å²) in [5, 5.41) is 8.65. The Labute approximate surface area is 88.7 Å². The third-order valence-electron chi connectivity index (χ3n) is 1.74. The molecule has 0 fully saturated rings. The minimum Gasteiger partial charge on any atom is -0.476 e. The van der Waals surface area contributed by atoms with E-state index in [0.29, 0.717) is 13.2 Å². The van der Waals surface area contributed by atoms with E-state index >= 15 is 0 Å². The van der Waals surface area contributed by atoms with Gasteiger partial charge in [0.25, 0.3) is 0 Å². The molecule has 0 aliphatic rings. The van der Waals surface area contributed by atoms with Crippen molar-refractivity contribution in [3.05, 3.63) is 18.2 Å². The molecular formula is C10H16N2O3. The van der Waals surface area contributed by atoms with E-state index in [9.17, 15) is 4.79 Å². The van der Waals surface area contributed by atoms with Crippen molar-refractivity contribution < 1.29 is 14.6 Å². The van der Waals surface area contributed by atoms with Gasteiger partial charge in [-0.15, -0.1) is 0 Å². The molecule has 0 aliphatic carbocycles. The maximum absolute atomic E-state index is 10.5. The summed E-state index contributed by atoms with van der Waals surface area (Å²) >= 11 is 0. The van der Waals surface area contributed by atoms with E-state index in [0.717, 1.165) is 0 Å². The fraction of sp³-hybridized carbons (Fsp3) is 0.600. The Balaban J connectivity index is 2.41. The summed E-state index contributed by atoms with van der Waals surface area (Å²) in [5.74, 6) is -1.01. The maximum Gasteiger partial charge on any atom is 0.356 e. The van der Waals surface area contributed by atoms with Crippen LogP contribution in [-0.2, 0) is 11.3 Å². The van der Waals surface area contributed by atoms with Crippen molar-refractivity contribution in [3.63, 3.8) is 0 Å². The highest BCUT2D eigenvalue weighted by Crippen LogP contribution is 2.06. The molecule has 5 heteroatoms. The lowest BCUT2D eigenvalue weighted by Gasteiger charge is -2.19. The molecule has 1 rings (SSSR count). The van der Waals surface area contributed by atoms with Crippen molar-refractivity contribution in [3.8, 4) is 0 Å². The van der Waals surface area contributed by atoms with Crippen LogP contribution >= 0.6 is 0 Å². The van der Waals surface area contributed by atoms with Crippen molar-refractivity contribution in [2.75, 3.05) is 6.61 Å². The second kappa shape index (κ2) is 4.44. The Morgan fingerprint density at radius 1 is 1.60 bits per heavy atom. The smallest absolute Gasteiger partial charge is 0.356 e. The van der Waals surface area contributed by atoms with E-state index in [-0.39, 0.29) is 11.3 Å². The van der Waals surface area contributed by atoms with Gasteiger partial charge in [-0.1, -0.05) is 0 Å². The Bertz CT molecular complexity index is 339. The molecule has 0 amide bonds. The van der Waals surface area contributed by atoms with Crippen LogP contribution in [0.2, 0.25) is 0 Å². The molecule has 0 atom stereocenters. The largest absolute Gasteiger partial charge is 0.476 e. The minimum atomic E-state index is -1.01. The van der Waals surface area contributed by atoms with Gasteiger partial charge in [-0.25, -0.2) is 9.78 Å². The number of carboxylic acids is 1. The number of ether oxygens (including phenoxy) is 1.